The van der Waals surface area contributed by atoms with Crippen molar-refractivity contribution in [1.82, 2.24) is 5.32 Å². The average Bonchev–Trinajstić information content (AvgIpc) is 3.66. The first-order valence-corrected chi connectivity index (χ1v) is 12.5. The fraction of sp³-hybridized carbons (Fsp3) is 0.222. The van der Waals surface area contributed by atoms with E-state index in [1.54, 1.807) is 30.3 Å². The molecule has 8 nitrogen and oxygen atoms in total. The Morgan fingerprint density at radius 2 is 1.59 bits per heavy atom. The van der Waals surface area contributed by atoms with Gasteiger partial charge in [0.15, 0.2) is 0 Å². The maximum Gasteiger partial charge on any atom is 0.272 e. The van der Waals surface area contributed by atoms with Crippen LogP contribution in [0.15, 0.2) is 60.7 Å². The Labute approximate surface area is 229 Å². The van der Waals surface area contributed by atoms with Crippen LogP contribution < -0.4 is 26.2 Å². The molecule has 0 spiro atoms. The Hall–Kier alpha value is -3.96. The molecule has 3 aromatic carbocycles. The zero-order chi connectivity index (χ0) is 28.2. The first-order valence-electron chi connectivity index (χ1n) is 12.1. The van der Waals surface area contributed by atoms with Crippen molar-refractivity contribution in [2.45, 2.75) is 31.4 Å². The second-order valence-electron chi connectivity index (χ2n) is 9.22. The van der Waals surface area contributed by atoms with Crippen LogP contribution in [0.4, 0.5) is 20.2 Å². The van der Waals surface area contributed by atoms with Gasteiger partial charge in [0.1, 0.15) is 25.8 Å². The lowest BCUT2D eigenvalue weighted by atomic mass is 9.96. The van der Waals surface area contributed by atoms with E-state index in [1.807, 2.05) is 7.85 Å². The van der Waals surface area contributed by atoms with Crippen LogP contribution in [0.1, 0.15) is 39.1 Å². The standard InChI is InChI=1S/C27H25BClF2N3O5/c28-16-2-4-17(5-3-16)33-25(36)20-12-18(6-8-22(20)39-14-23(30)31)34-24(35)19-11-15(1-7-21(19)29)13-32-26(37)27(38)9-10-27/h1-8,11-12,23,38H,9-10,13-14,28H2,(H,32,37)(H,33,36)(H,34,35). The Balaban J connectivity index is 1.51. The quantitative estimate of drug-likeness (QED) is 0.287. The summed E-state index contributed by atoms with van der Waals surface area (Å²) in [5.41, 5.74) is 0.988. The van der Waals surface area contributed by atoms with Gasteiger partial charge in [0, 0.05) is 17.9 Å². The molecule has 0 saturated heterocycles. The minimum absolute atomic E-state index is 0.0606. The van der Waals surface area contributed by atoms with Crippen molar-refractivity contribution in [3.8, 4) is 5.75 Å². The van der Waals surface area contributed by atoms with Gasteiger partial charge in [-0.2, -0.15) is 0 Å². The van der Waals surface area contributed by atoms with E-state index in [2.05, 4.69) is 16.0 Å². The van der Waals surface area contributed by atoms with Crippen molar-refractivity contribution in [3.63, 3.8) is 0 Å². The van der Waals surface area contributed by atoms with Crippen molar-refractivity contribution >= 4 is 54.0 Å². The second kappa shape index (κ2) is 11.8. The lowest BCUT2D eigenvalue weighted by Gasteiger charge is -2.15. The second-order valence-corrected chi connectivity index (χ2v) is 9.62. The number of hydrogen-bond acceptors (Lipinski definition) is 5. The molecule has 4 rings (SSSR count). The number of halogens is 3. The molecular weight excluding hydrogens is 531 g/mol. The number of rotatable bonds is 10. The highest BCUT2D eigenvalue weighted by Crippen LogP contribution is 2.35. The summed E-state index contributed by atoms with van der Waals surface area (Å²) in [5.74, 6) is -1.77. The van der Waals surface area contributed by atoms with E-state index < -0.39 is 36.4 Å². The Morgan fingerprint density at radius 1 is 0.949 bits per heavy atom. The molecule has 0 aliphatic heterocycles. The fourth-order valence-corrected chi connectivity index (χ4v) is 3.85. The van der Waals surface area contributed by atoms with Crippen molar-refractivity contribution in [1.29, 1.82) is 0 Å². The molecule has 1 fully saturated rings. The topological polar surface area (TPSA) is 117 Å². The van der Waals surface area contributed by atoms with Crippen LogP contribution >= 0.6 is 11.6 Å². The number of alkyl halides is 2. The Bertz CT molecular complexity index is 1400. The molecule has 0 atom stereocenters. The Kier molecular flexibility index (Phi) is 8.52. The minimum Gasteiger partial charge on any atom is -0.487 e. The molecule has 1 saturated carbocycles. The molecule has 0 bridgehead atoms. The summed E-state index contributed by atoms with van der Waals surface area (Å²) in [5, 5.41) is 18.0. The molecule has 0 heterocycles. The highest BCUT2D eigenvalue weighted by molar-refractivity contribution is 6.34. The third kappa shape index (κ3) is 7.33. The van der Waals surface area contributed by atoms with Crippen LogP contribution in [0.2, 0.25) is 5.02 Å². The van der Waals surface area contributed by atoms with Crippen LogP contribution in [0.5, 0.6) is 5.75 Å². The van der Waals surface area contributed by atoms with Crippen molar-refractivity contribution < 1.29 is 33.0 Å². The largest absolute Gasteiger partial charge is 0.487 e. The van der Waals surface area contributed by atoms with E-state index in [1.165, 1.54) is 30.3 Å². The van der Waals surface area contributed by atoms with E-state index in [0.29, 0.717) is 24.1 Å². The molecule has 1 aliphatic rings. The van der Waals surface area contributed by atoms with Gasteiger partial charge in [0.05, 0.1) is 16.1 Å². The van der Waals surface area contributed by atoms with E-state index >= 15 is 0 Å². The molecule has 0 unspecified atom stereocenters. The molecule has 39 heavy (non-hydrogen) atoms. The van der Waals surface area contributed by atoms with E-state index in [4.69, 9.17) is 16.3 Å². The lowest BCUT2D eigenvalue weighted by molar-refractivity contribution is -0.131. The summed E-state index contributed by atoms with van der Waals surface area (Å²) in [6.45, 7) is -0.828. The number of ether oxygens (including phenoxy) is 1. The van der Waals surface area contributed by atoms with E-state index in [0.717, 1.165) is 5.46 Å². The number of anilines is 2. The van der Waals surface area contributed by atoms with E-state index in [9.17, 15) is 28.3 Å². The van der Waals surface area contributed by atoms with Gasteiger partial charge in [0.25, 0.3) is 24.1 Å². The lowest BCUT2D eigenvalue weighted by Crippen LogP contribution is -2.35. The van der Waals surface area contributed by atoms with Crippen LogP contribution in [-0.4, -0.2) is 49.3 Å². The number of benzene rings is 3. The molecule has 1 aliphatic carbocycles. The summed E-state index contributed by atoms with van der Waals surface area (Å²) in [4.78, 5) is 38.1. The number of hydrogen-bond donors (Lipinski definition) is 4. The number of amides is 3. The predicted molar refractivity (Wildman–Crippen MR) is 146 cm³/mol. The van der Waals surface area contributed by atoms with Crippen LogP contribution in [-0.2, 0) is 11.3 Å². The van der Waals surface area contributed by atoms with Gasteiger partial charge in [-0.05, 0) is 60.9 Å². The molecule has 3 aromatic rings. The molecule has 0 aromatic heterocycles. The third-order valence-corrected chi connectivity index (χ3v) is 6.36. The van der Waals surface area contributed by atoms with E-state index in [-0.39, 0.29) is 34.1 Å². The normalized spacial score (nSPS) is 13.5. The van der Waals surface area contributed by atoms with Gasteiger partial charge in [-0.15, -0.1) is 0 Å². The monoisotopic (exact) mass is 555 g/mol. The highest BCUT2D eigenvalue weighted by atomic mass is 35.5. The summed E-state index contributed by atoms with van der Waals surface area (Å²) >= 11 is 6.24. The number of nitrogens with one attached hydrogen (secondary N) is 3. The van der Waals surface area contributed by atoms with Gasteiger partial charge >= 0.3 is 0 Å². The van der Waals surface area contributed by atoms with Gasteiger partial charge in [-0.1, -0.05) is 35.3 Å². The van der Waals surface area contributed by atoms with Gasteiger partial charge < -0.3 is 25.8 Å². The van der Waals surface area contributed by atoms with Gasteiger partial charge in [-0.3, -0.25) is 14.4 Å². The molecule has 3 amide bonds. The fourth-order valence-electron chi connectivity index (χ4n) is 3.65. The summed E-state index contributed by atoms with van der Waals surface area (Å²) in [6, 6.07) is 15.7. The first kappa shape index (κ1) is 28.1. The molecular formula is C27H25BClF2N3O5. The number of carbonyl (C=O) groups excluding carboxylic acids is 3. The maximum absolute atomic E-state index is 13.0. The predicted octanol–water partition coefficient (Wildman–Crippen LogP) is 2.89. The van der Waals surface area contributed by atoms with Crippen molar-refractivity contribution in [2.24, 2.45) is 0 Å². The molecule has 4 N–H and O–H groups in total. The smallest absolute Gasteiger partial charge is 0.272 e. The molecule has 12 heteroatoms. The zero-order valence-electron chi connectivity index (χ0n) is 20.9. The van der Waals surface area contributed by atoms with Crippen LogP contribution in [0.3, 0.4) is 0 Å². The van der Waals surface area contributed by atoms with Crippen molar-refractivity contribution in [2.75, 3.05) is 17.2 Å². The third-order valence-electron chi connectivity index (χ3n) is 6.03. The maximum atomic E-state index is 13.0. The summed E-state index contributed by atoms with van der Waals surface area (Å²) in [7, 11) is 1.89. The van der Waals surface area contributed by atoms with Crippen LogP contribution in [0, 0.1) is 0 Å². The Morgan fingerprint density at radius 3 is 2.26 bits per heavy atom. The zero-order valence-corrected chi connectivity index (χ0v) is 21.6. The number of aliphatic hydroxyl groups is 1. The molecule has 202 valence electrons. The number of carbonyl (C=O) groups is 3. The van der Waals surface area contributed by atoms with Gasteiger partial charge in [-0.25, -0.2) is 8.78 Å². The highest BCUT2D eigenvalue weighted by Gasteiger charge is 2.47. The van der Waals surface area contributed by atoms with Gasteiger partial charge in [0.2, 0.25) is 0 Å². The summed E-state index contributed by atoms with van der Waals surface area (Å²) < 4.78 is 30.7. The SMILES string of the molecule is Bc1ccc(NC(=O)c2cc(NC(=O)c3cc(CNC(=O)C4(O)CC4)ccc3Cl)ccc2OCC(F)F)cc1. The van der Waals surface area contributed by atoms with Crippen LogP contribution in [0.25, 0.3) is 0 Å². The summed E-state index contributed by atoms with van der Waals surface area (Å²) in [6.07, 6.45) is -1.93. The minimum atomic E-state index is -2.75. The van der Waals surface area contributed by atoms with Crippen molar-refractivity contribution in [3.05, 3.63) is 82.4 Å². The molecule has 0 radical (unpaired) electrons. The average molecular weight is 556 g/mol. The first-order chi connectivity index (χ1) is 18.5.